The summed E-state index contributed by atoms with van der Waals surface area (Å²) in [6.07, 6.45) is 0. The quantitative estimate of drug-likeness (QED) is 0.451. The molecule has 0 heterocycles. The molecule has 0 saturated carbocycles. The fourth-order valence-corrected chi connectivity index (χ4v) is 3.55. The highest BCUT2D eigenvalue weighted by atomic mass is 79.9. The molecular weight excluding hydrogens is 428 g/mol. The molecular formula is C21H18BrClN2S. The summed E-state index contributed by atoms with van der Waals surface area (Å²) in [6, 6.07) is 26.3. The van der Waals surface area contributed by atoms with Crippen LogP contribution >= 0.6 is 39.7 Å². The minimum Gasteiger partial charge on any atom is -0.340 e. The first kappa shape index (κ1) is 18.9. The van der Waals surface area contributed by atoms with Crippen molar-refractivity contribution in [1.29, 1.82) is 0 Å². The maximum Gasteiger partial charge on any atom is 0.174 e. The van der Waals surface area contributed by atoms with E-state index in [0.29, 0.717) is 10.1 Å². The molecule has 0 radical (unpaired) electrons. The van der Waals surface area contributed by atoms with Gasteiger partial charge in [0, 0.05) is 17.6 Å². The summed E-state index contributed by atoms with van der Waals surface area (Å²) in [6.45, 7) is 1.44. The van der Waals surface area contributed by atoms with Crippen molar-refractivity contribution in [2.24, 2.45) is 0 Å². The first-order valence-corrected chi connectivity index (χ1v) is 9.78. The van der Waals surface area contributed by atoms with Crippen molar-refractivity contribution in [1.82, 2.24) is 4.90 Å². The molecule has 0 spiro atoms. The lowest BCUT2D eigenvalue weighted by atomic mass is 10.2. The van der Waals surface area contributed by atoms with Crippen LogP contribution in [0.5, 0.6) is 0 Å². The average molecular weight is 446 g/mol. The number of anilines is 1. The van der Waals surface area contributed by atoms with Crippen LogP contribution in [0.4, 0.5) is 5.69 Å². The van der Waals surface area contributed by atoms with Gasteiger partial charge in [-0.15, -0.1) is 0 Å². The van der Waals surface area contributed by atoms with E-state index in [0.717, 1.165) is 23.2 Å². The smallest absolute Gasteiger partial charge is 0.174 e. The lowest BCUT2D eigenvalue weighted by molar-refractivity contribution is 0.413. The van der Waals surface area contributed by atoms with E-state index in [1.165, 1.54) is 11.1 Å². The fourth-order valence-electron chi connectivity index (χ4n) is 2.59. The van der Waals surface area contributed by atoms with Crippen LogP contribution in [-0.4, -0.2) is 10.0 Å². The van der Waals surface area contributed by atoms with Crippen molar-refractivity contribution in [3.8, 4) is 0 Å². The van der Waals surface area contributed by atoms with E-state index in [1.54, 1.807) is 0 Å². The Morgan fingerprint density at radius 2 is 1.42 bits per heavy atom. The normalized spacial score (nSPS) is 10.4. The van der Waals surface area contributed by atoms with Gasteiger partial charge in [-0.3, -0.25) is 0 Å². The number of hydrogen-bond acceptors (Lipinski definition) is 1. The number of rotatable bonds is 5. The third kappa shape index (κ3) is 5.31. The van der Waals surface area contributed by atoms with Crippen LogP contribution < -0.4 is 5.32 Å². The first-order valence-electron chi connectivity index (χ1n) is 8.20. The monoisotopic (exact) mass is 444 g/mol. The molecule has 26 heavy (non-hydrogen) atoms. The Kier molecular flexibility index (Phi) is 6.67. The molecule has 0 unspecified atom stereocenters. The standard InChI is InChI=1S/C21H18BrClN2S/c22-18-11-12-20(19(23)13-18)24-21(26)25(14-16-7-3-1-4-8-16)15-17-9-5-2-6-10-17/h1-13H,14-15H2,(H,24,26). The van der Waals surface area contributed by atoms with Crippen molar-refractivity contribution in [3.05, 3.63) is 99.5 Å². The molecule has 0 saturated heterocycles. The van der Waals surface area contributed by atoms with Gasteiger partial charge in [-0.25, -0.2) is 0 Å². The van der Waals surface area contributed by atoms with Crippen molar-refractivity contribution in [2.45, 2.75) is 13.1 Å². The number of thiocarbonyl (C=S) groups is 1. The topological polar surface area (TPSA) is 15.3 Å². The number of nitrogens with zero attached hydrogens (tertiary/aromatic N) is 1. The molecule has 0 aliphatic rings. The van der Waals surface area contributed by atoms with Gasteiger partial charge in [0.05, 0.1) is 10.7 Å². The highest BCUT2D eigenvalue weighted by Gasteiger charge is 2.13. The van der Waals surface area contributed by atoms with Gasteiger partial charge in [0.2, 0.25) is 0 Å². The Bertz CT molecular complexity index is 830. The molecule has 0 aliphatic carbocycles. The van der Waals surface area contributed by atoms with Crippen molar-refractivity contribution in [2.75, 3.05) is 5.32 Å². The SMILES string of the molecule is S=C(Nc1ccc(Br)cc1Cl)N(Cc1ccccc1)Cc1ccccc1. The van der Waals surface area contributed by atoms with Crippen LogP contribution in [-0.2, 0) is 13.1 Å². The van der Waals surface area contributed by atoms with Crippen molar-refractivity contribution in [3.63, 3.8) is 0 Å². The van der Waals surface area contributed by atoms with Crippen molar-refractivity contribution >= 4 is 50.5 Å². The first-order chi connectivity index (χ1) is 12.6. The molecule has 0 fully saturated rings. The Morgan fingerprint density at radius 1 is 0.885 bits per heavy atom. The summed E-state index contributed by atoms with van der Waals surface area (Å²) < 4.78 is 0.935. The molecule has 0 bridgehead atoms. The molecule has 2 nitrogen and oxygen atoms in total. The average Bonchev–Trinajstić information content (AvgIpc) is 2.65. The Balaban J connectivity index is 1.80. The largest absolute Gasteiger partial charge is 0.340 e. The minimum absolute atomic E-state index is 0.626. The van der Waals surface area contributed by atoms with Gasteiger partial charge in [-0.1, -0.05) is 88.2 Å². The second-order valence-electron chi connectivity index (χ2n) is 5.88. The van der Waals surface area contributed by atoms with Crippen LogP contribution in [0, 0.1) is 0 Å². The fraction of sp³-hybridized carbons (Fsp3) is 0.0952. The molecule has 3 rings (SSSR count). The predicted octanol–water partition coefficient (Wildman–Crippen LogP) is 6.50. The summed E-state index contributed by atoms with van der Waals surface area (Å²) in [5, 5.41) is 4.55. The molecule has 5 heteroatoms. The molecule has 0 atom stereocenters. The van der Waals surface area contributed by atoms with Gasteiger partial charge >= 0.3 is 0 Å². The van der Waals surface area contributed by atoms with Gasteiger partial charge in [0.1, 0.15) is 0 Å². The van der Waals surface area contributed by atoms with Gasteiger partial charge in [0.25, 0.3) is 0 Å². The summed E-state index contributed by atoms with van der Waals surface area (Å²) in [5.41, 5.74) is 3.20. The maximum atomic E-state index is 6.33. The van der Waals surface area contributed by atoms with Gasteiger partial charge in [-0.05, 0) is 41.5 Å². The highest BCUT2D eigenvalue weighted by Crippen LogP contribution is 2.26. The van der Waals surface area contributed by atoms with Crippen LogP contribution in [0.2, 0.25) is 5.02 Å². The van der Waals surface area contributed by atoms with E-state index < -0.39 is 0 Å². The lowest BCUT2D eigenvalue weighted by Crippen LogP contribution is -2.33. The van der Waals surface area contributed by atoms with Crippen LogP contribution in [0.3, 0.4) is 0 Å². The molecule has 0 amide bonds. The Labute approximate surface area is 172 Å². The van der Waals surface area contributed by atoms with E-state index in [2.05, 4.69) is 50.4 Å². The van der Waals surface area contributed by atoms with E-state index in [-0.39, 0.29) is 0 Å². The summed E-state index contributed by atoms with van der Waals surface area (Å²) in [7, 11) is 0. The zero-order valence-corrected chi connectivity index (χ0v) is 17.2. The molecule has 0 aromatic heterocycles. The molecule has 3 aromatic rings. The van der Waals surface area contributed by atoms with Crippen LogP contribution in [0.15, 0.2) is 83.3 Å². The minimum atomic E-state index is 0.626. The van der Waals surface area contributed by atoms with Gasteiger partial charge < -0.3 is 10.2 Å². The summed E-state index contributed by atoms with van der Waals surface area (Å²) >= 11 is 15.4. The van der Waals surface area contributed by atoms with E-state index >= 15 is 0 Å². The number of nitrogens with one attached hydrogen (secondary N) is 1. The maximum absolute atomic E-state index is 6.33. The third-order valence-corrected chi connectivity index (χ3v) is 5.06. The van der Waals surface area contributed by atoms with Gasteiger partial charge in [0.15, 0.2) is 5.11 Å². The summed E-state index contributed by atoms with van der Waals surface area (Å²) in [4.78, 5) is 2.14. The second-order valence-corrected chi connectivity index (χ2v) is 7.59. The predicted molar refractivity (Wildman–Crippen MR) is 118 cm³/mol. The van der Waals surface area contributed by atoms with E-state index in [1.807, 2.05) is 54.6 Å². The van der Waals surface area contributed by atoms with Gasteiger partial charge in [-0.2, -0.15) is 0 Å². The second kappa shape index (κ2) is 9.17. The van der Waals surface area contributed by atoms with Crippen molar-refractivity contribution < 1.29 is 0 Å². The van der Waals surface area contributed by atoms with Crippen LogP contribution in [0.25, 0.3) is 0 Å². The zero-order chi connectivity index (χ0) is 18.4. The summed E-state index contributed by atoms with van der Waals surface area (Å²) in [5.74, 6) is 0. The highest BCUT2D eigenvalue weighted by molar-refractivity contribution is 9.10. The van der Waals surface area contributed by atoms with Crippen LogP contribution in [0.1, 0.15) is 11.1 Å². The third-order valence-electron chi connectivity index (χ3n) is 3.89. The van der Waals surface area contributed by atoms with E-state index in [4.69, 9.17) is 23.8 Å². The van der Waals surface area contributed by atoms with E-state index in [9.17, 15) is 0 Å². The Hall–Kier alpha value is -1.88. The number of halogens is 2. The molecule has 3 aromatic carbocycles. The molecule has 132 valence electrons. The number of benzene rings is 3. The zero-order valence-electron chi connectivity index (χ0n) is 14.0. The molecule has 1 N–H and O–H groups in total. The lowest BCUT2D eigenvalue weighted by Gasteiger charge is -2.26. The Morgan fingerprint density at radius 3 is 1.92 bits per heavy atom. The molecule has 0 aliphatic heterocycles. The number of hydrogen-bond donors (Lipinski definition) is 1.